The first-order valence-corrected chi connectivity index (χ1v) is 6.20. The highest BCUT2D eigenvalue weighted by Gasteiger charge is 2.14. The quantitative estimate of drug-likeness (QED) is 0.766. The molecule has 5 heteroatoms. The molecule has 0 aliphatic rings. The Morgan fingerprint density at radius 1 is 1.11 bits per heavy atom. The smallest absolute Gasteiger partial charge is 0.254 e. The van der Waals surface area contributed by atoms with Crippen LogP contribution in [0.3, 0.4) is 0 Å². The number of hydrogen-bond donors (Lipinski definition) is 1. The summed E-state index contributed by atoms with van der Waals surface area (Å²) in [7, 11) is 3.24. The van der Waals surface area contributed by atoms with E-state index in [1.165, 1.54) is 0 Å². The molecule has 0 saturated heterocycles. The average Bonchev–Trinajstić information content (AvgIpc) is 2.39. The molecule has 0 radical (unpaired) electrons. The zero-order valence-corrected chi connectivity index (χ0v) is 11.7. The topological polar surface area (TPSA) is 38.8 Å². The van der Waals surface area contributed by atoms with E-state index in [9.17, 15) is 4.79 Å². The molecule has 18 heavy (non-hydrogen) atoms. The van der Waals surface area contributed by atoms with Crippen molar-refractivity contribution >= 4 is 18.5 Å². The lowest BCUT2D eigenvalue weighted by Gasteiger charge is -2.22. The molecule has 0 bridgehead atoms. The van der Waals surface area contributed by atoms with Gasteiger partial charge in [-0.3, -0.25) is 4.79 Å². The van der Waals surface area contributed by atoms with Gasteiger partial charge in [-0.25, -0.2) is 0 Å². The van der Waals surface area contributed by atoms with Gasteiger partial charge in [-0.05, 0) is 24.3 Å². The van der Waals surface area contributed by atoms with Crippen LogP contribution < -0.4 is 0 Å². The highest BCUT2D eigenvalue weighted by atomic mass is 32.1. The van der Waals surface area contributed by atoms with Crippen LogP contribution >= 0.6 is 12.6 Å². The molecule has 1 aromatic carbocycles. The van der Waals surface area contributed by atoms with E-state index in [1.54, 1.807) is 43.4 Å². The van der Waals surface area contributed by atoms with E-state index < -0.39 is 0 Å². The third kappa shape index (κ3) is 4.68. The van der Waals surface area contributed by atoms with Crippen molar-refractivity contribution in [1.82, 2.24) is 4.90 Å². The normalized spacial score (nSPS) is 10.4. The molecule has 0 N–H and O–H groups in total. The first-order valence-electron chi connectivity index (χ1n) is 5.75. The van der Waals surface area contributed by atoms with Gasteiger partial charge in [0.25, 0.3) is 5.91 Å². The van der Waals surface area contributed by atoms with Gasteiger partial charge in [0.05, 0.1) is 13.2 Å². The summed E-state index contributed by atoms with van der Waals surface area (Å²) in [5, 5.41) is 0. The molecule has 1 amide bonds. The van der Waals surface area contributed by atoms with Crippen molar-refractivity contribution < 1.29 is 14.3 Å². The van der Waals surface area contributed by atoms with E-state index in [2.05, 4.69) is 12.6 Å². The maximum Gasteiger partial charge on any atom is 0.254 e. The number of carbonyl (C=O) groups excluding carboxylic acids is 1. The van der Waals surface area contributed by atoms with E-state index in [0.29, 0.717) is 31.9 Å². The Bertz CT molecular complexity index is 359. The second kappa shape index (κ2) is 8.13. The number of thiol groups is 1. The summed E-state index contributed by atoms with van der Waals surface area (Å²) >= 11 is 4.20. The Kier molecular flexibility index (Phi) is 6.78. The van der Waals surface area contributed by atoms with E-state index >= 15 is 0 Å². The highest BCUT2D eigenvalue weighted by molar-refractivity contribution is 7.80. The fourth-order valence-corrected chi connectivity index (χ4v) is 1.65. The van der Waals surface area contributed by atoms with E-state index in [-0.39, 0.29) is 5.91 Å². The highest BCUT2D eigenvalue weighted by Crippen LogP contribution is 2.10. The summed E-state index contributed by atoms with van der Waals surface area (Å²) in [6.45, 7) is 2.14. The summed E-state index contributed by atoms with van der Waals surface area (Å²) < 4.78 is 10.0. The van der Waals surface area contributed by atoms with Gasteiger partial charge in [0.15, 0.2) is 0 Å². The van der Waals surface area contributed by atoms with Gasteiger partial charge in [0.1, 0.15) is 0 Å². The number of carbonyl (C=O) groups is 1. The molecule has 0 heterocycles. The fourth-order valence-electron chi connectivity index (χ4n) is 1.50. The van der Waals surface area contributed by atoms with Crippen LogP contribution in [0.5, 0.6) is 0 Å². The standard InChI is InChI=1S/C13H19NO3S/c1-16-9-7-14(8-10-17-2)13(15)11-3-5-12(18)6-4-11/h3-6,18H,7-10H2,1-2H3. The minimum atomic E-state index is -0.0163. The SMILES string of the molecule is COCCN(CCOC)C(=O)c1ccc(S)cc1. The lowest BCUT2D eigenvalue weighted by Crippen LogP contribution is -2.36. The monoisotopic (exact) mass is 269 g/mol. The molecule has 0 aliphatic heterocycles. The van der Waals surface area contributed by atoms with Crippen molar-refractivity contribution in [3.05, 3.63) is 29.8 Å². The van der Waals surface area contributed by atoms with Crippen LogP contribution in [-0.2, 0) is 9.47 Å². The van der Waals surface area contributed by atoms with E-state index in [0.717, 1.165) is 4.90 Å². The molecule has 0 spiro atoms. The lowest BCUT2D eigenvalue weighted by atomic mass is 10.2. The minimum Gasteiger partial charge on any atom is -0.383 e. The van der Waals surface area contributed by atoms with Gasteiger partial charge in [-0.1, -0.05) is 0 Å². The average molecular weight is 269 g/mol. The molecule has 1 rings (SSSR count). The van der Waals surface area contributed by atoms with Crippen molar-refractivity contribution in [3.8, 4) is 0 Å². The summed E-state index contributed by atoms with van der Waals surface area (Å²) in [4.78, 5) is 14.8. The zero-order chi connectivity index (χ0) is 13.4. The number of amides is 1. The van der Waals surface area contributed by atoms with Crippen LogP contribution in [0.4, 0.5) is 0 Å². The molecule has 4 nitrogen and oxygen atoms in total. The molecule has 0 saturated carbocycles. The summed E-state index contributed by atoms with van der Waals surface area (Å²) in [5.41, 5.74) is 0.653. The van der Waals surface area contributed by atoms with E-state index in [4.69, 9.17) is 9.47 Å². The maximum absolute atomic E-state index is 12.3. The first kappa shape index (κ1) is 15.0. The summed E-state index contributed by atoms with van der Waals surface area (Å²) in [5.74, 6) is -0.0163. The van der Waals surface area contributed by atoms with Crippen LogP contribution in [0.15, 0.2) is 29.2 Å². The molecule has 100 valence electrons. The van der Waals surface area contributed by atoms with Gasteiger partial charge >= 0.3 is 0 Å². The van der Waals surface area contributed by atoms with Crippen LogP contribution in [0.1, 0.15) is 10.4 Å². The Labute approximate surface area is 113 Å². The van der Waals surface area contributed by atoms with Gasteiger partial charge in [0, 0.05) is 37.8 Å². The molecule has 0 atom stereocenters. The van der Waals surface area contributed by atoms with Crippen molar-refractivity contribution in [2.24, 2.45) is 0 Å². The van der Waals surface area contributed by atoms with Crippen LogP contribution in [0.25, 0.3) is 0 Å². The maximum atomic E-state index is 12.3. The zero-order valence-electron chi connectivity index (χ0n) is 10.8. The predicted octanol–water partition coefficient (Wildman–Crippen LogP) is 1.71. The number of ether oxygens (including phenoxy) is 2. The largest absolute Gasteiger partial charge is 0.383 e. The molecule has 0 unspecified atom stereocenters. The van der Waals surface area contributed by atoms with Crippen LogP contribution in [0.2, 0.25) is 0 Å². The lowest BCUT2D eigenvalue weighted by molar-refractivity contribution is 0.0627. The number of rotatable bonds is 7. The minimum absolute atomic E-state index is 0.0163. The third-order valence-electron chi connectivity index (χ3n) is 2.53. The Morgan fingerprint density at radius 2 is 1.61 bits per heavy atom. The second-order valence-electron chi connectivity index (χ2n) is 3.82. The number of nitrogens with zero attached hydrogens (tertiary/aromatic N) is 1. The van der Waals surface area contributed by atoms with Gasteiger partial charge in [0.2, 0.25) is 0 Å². The molecular formula is C13H19NO3S. The van der Waals surface area contributed by atoms with Crippen molar-refractivity contribution in [3.63, 3.8) is 0 Å². The number of methoxy groups -OCH3 is 2. The Balaban J connectivity index is 2.70. The van der Waals surface area contributed by atoms with E-state index in [1.807, 2.05) is 0 Å². The molecule has 0 aliphatic carbocycles. The molecular weight excluding hydrogens is 250 g/mol. The second-order valence-corrected chi connectivity index (χ2v) is 4.34. The van der Waals surface area contributed by atoms with Gasteiger partial charge < -0.3 is 14.4 Å². The van der Waals surface area contributed by atoms with Crippen LogP contribution in [0, 0.1) is 0 Å². The molecule has 0 fully saturated rings. The summed E-state index contributed by atoms with van der Waals surface area (Å²) in [6.07, 6.45) is 0. The van der Waals surface area contributed by atoms with Crippen molar-refractivity contribution in [2.75, 3.05) is 40.5 Å². The van der Waals surface area contributed by atoms with Crippen LogP contribution in [-0.4, -0.2) is 51.3 Å². The summed E-state index contributed by atoms with van der Waals surface area (Å²) in [6, 6.07) is 7.16. The first-order chi connectivity index (χ1) is 8.69. The van der Waals surface area contributed by atoms with Crippen molar-refractivity contribution in [2.45, 2.75) is 4.90 Å². The van der Waals surface area contributed by atoms with Gasteiger partial charge in [-0.15, -0.1) is 12.6 Å². The third-order valence-corrected chi connectivity index (χ3v) is 2.83. The fraction of sp³-hybridized carbons (Fsp3) is 0.462. The number of benzene rings is 1. The van der Waals surface area contributed by atoms with Gasteiger partial charge in [-0.2, -0.15) is 0 Å². The predicted molar refractivity (Wildman–Crippen MR) is 73.3 cm³/mol. The number of hydrogen-bond acceptors (Lipinski definition) is 4. The molecule has 0 aromatic heterocycles. The van der Waals surface area contributed by atoms with Crippen molar-refractivity contribution in [1.29, 1.82) is 0 Å². The Hall–Kier alpha value is -1.04. The Morgan fingerprint density at radius 3 is 2.06 bits per heavy atom. The molecule has 1 aromatic rings.